The van der Waals surface area contributed by atoms with Crippen molar-refractivity contribution in [3.63, 3.8) is 0 Å². The second-order valence-corrected chi connectivity index (χ2v) is 6.62. The first-order chi connectivity index (χ1) is 12.9. The maximum atomic E-state index is 12.2. The van der Waals surface area contributed by atoms with Crippen LogP contribution in [0, 0.1) is 6.92 Å². The molecule has 27 heavy (non-hydrogen) atoms. The van der Waals surface area contributed by atoms with Crippen LogP contribution in [0.3, 0.4) is 0 Å². The Morgan fingerprint density at radius 3 is 2.37 bits per heavy atom. The highest BCUT2D eigenvalue weighted by Gasteiger charge is 2.15. The van der Waals surface area contributed by atoms with Crippen LogP contribution in [0.25, 0.3) is 5.69 Å². The van der Waals surface area contributed by atoms with Crippen molar-refractivity contribution in [2.45, 2.75) is 26.7 Å². The first-order valence-electron chi connectivity index (χ1n) is 8.67. The number of rotatable bonds is 4. The van der Waals surface area contributed by atoms with Crippen LogP contribution in [0.5, 0.6) is 5.88 Å². The predicted molar refractivity (Wildman–Crippen MR) is 107 cm³/mol. The zero-order chi connectivity index (χ0) is 19.6. The van der Waals surface area contributed by atoms with Gasteiger partial charge in [0.05, 0.1) is 11.4 Å². The number of aromatic nitrogens is 2. The van der Waals surface area contributed by atoms with Gasteiger partial charge in [-0.15, -0.1) is 0 Å². The van der Waals surface area contributed by atoms with Crippen molar-refractivity contribution in [2.75, 3.05) is 0 Å². The van der Waals surface area contributed by atoms with Gasteiger partial charge in [0, 0.05) is 6.21 Å². The molecule has 3 aromatic rings. The van der Waals surface area contributed by atoms with Crippen molar-refractivity contribution in [2.24, 2.45) is 4.99 Å². The molecular formula is C21H21N3O3. The fraction of sp³-hybridized carbons (Fsp3) is 0.190. The monoisotopic (exact) mass is 363 g/mol. The summed E-state index contributed by atoms with van der Waals surface area (Å²) >= 11 is 0. The van der Waals surface area contributed by atoms with E-state index in [2.05, 4.69) is 23.8 Å². The Hall–Kier alpha value is -3.41. The van der Waals surface area contributed by atoms with Crippen molar-refractivity contribution in [1.29, 1.82) is 0 Å². The average Bonchev–Trinajstić information content (AvgIpc) is 2.63. The number of benzene rings is 2. The van der Waals surface area contributed by atoms with Crippen LogP contribution in [0.1, 0.15) is 36.5 Å². The molecule has 0 aliphatic heterocycles. The van der Waals surface area contributed by atoms with E-state index in [0.29, 0.717) is 17.3 Å². The van der Waals surface area contributed by atoms with Gasteiger partial charge in [0.15, 0.2) is 0 Å². The largest absolute Gasteiger partial charge is 0.493 e. The third-order valence-corrected chi connectivity index (χ3v) is 4.38. The summed E-state index contributed by atoms with van der Waals surface area (Å²) in [6.07, 6.45) is 1.27. The van der Waals surface area contributed by atoms with E-state index in [4.69, 9.17) is 0 Å². The molecule has 0 aliphatic carbocycles. The lowest BCUT2D eigenvalue weighted by Crippen LogP contribution is -2.31. The molecule has 0 saturated heterocycles. The summed E-state index contributed by atoms with van der Waals surface area (Å²) in [4.78, 5) is 30.9. The van der Waals surface area contributed by atoms with Crippen molar-refractivity contribution in [3.05, 3.63) is 86.1 Å². The van der Waals surface area contributed by atoms with Crippen molar-refractivity contribution in [1.82, 2.24) is 9.55 Å². The van der Waals surface area contributed by atoms with Gasteiger partial charge in [-0.2, -0.15) is 0 Å². The Balaban J connectivity index is 2.06. The minimum absolute atomic E-state index is 0.0780. The van der Waals surface area contributed by atoms with Gasteiger partial charge in [-0.25, -0.2) is 9.36 Å². The summed E-state index contributed by atoms with van der Waals surface area (Å²) < 4.78 is 1.07. The fourth-order valence-electron chi connectivity index (χ4n) is 2.78. The van der Waals surface area contributed by atoms with Crippen LogP contribution in [0.2, 0.25) is 0 Å². The van der Waals surface area contributed by atoms with Gasteiger partial charge < -0.3 is 5.11 Å². The normalized spacial score (nSPS) is 11.4. The van der Waals surface area contributed by atoms with Crippen LogP contribution < -0.4 is 11.2 Å². The molecule has 0 fully saturated rings. The first kappa shape index (κ1) is 18.4. The minimum atomic E-state index is -0.703. The molecule has 2 N–H and O–H groups in total. The lowest BCUT2D eigenvalue weighted by Gasteiger charge is -2.11. The smallest absolute Gasteiger partial charge is 0.335 e. The summed E-state index contributed by atoms with van der Waals surface area (Å²) in [6.45, 7) is 6.02. The molecule has 6 nitrogen and oxygen atoms in total. The van der Waals surface area contributed by atoms with E-state index in [9.17, 15) is 14.7 Å². The number of hydrogen-bond donors (Lipinski definition) is 2. The summed E-state index contributed by atoms with van der Waals surface area (Å²) in [5.41, 5.74) is 1.64. The zero-order valence-corrected chi connectivity index (χ0v) is 15.4. The Kier molecular flexibility index (Phi) is 5.07. The molecule has 0 bridgehead atoms. The molecule has 0 amide bonds. The van der Waals surface area contributed by atoms with Gasteiger partial charge in [0.2, 0.25) is 5.88 Å². The van der Waals surface area contributed by atoms with E-state index in [1.54, 1.807) is 12.1 Å². The summed E-state index contributed by atoms with van der Waals surface area (Å²) in [6, 6.07) is 14.7. The van der Waals surface area contributed by atoms with E-state index in [1.165, 1.54) is 11.8 Å². The zero-order valence-electron chi connectivity index (χ0n) is 15.4. The number of nitrogens with one attached hydrogen (secondary N) is 1. The van der Waals surface area contributed by atoms with E-state index in [-0.39, 0.29) is 5.56 Å². The number of aromatic hydroxyl groups is 1. The molecule has 2 aromatic carbocycles. The standard InChI is InChI=1S/C21H21N3O3/c1-13(2)15-8-10-16(11-9-15)22-12-17-19(25)23-21(27)24(20(17)26)18-7-5-4-6-14(18)3/h4-13,26H,1-3H3,(H,23,25,27). The number of hydrogen-bond acceptors (Lipinski definition) is 4. The molecule has 6 heteroatoms. The van der Waals surface area contributed by atoms with E-state index in [1.807, 2.05) is 43.3 Å². The maximum Gasteiger partial charge on any atom is 0.335 e. The molecule has 0 saturated carbocycles. The molecule has 138 valence electrons. The van der Waals surface area contributed by atoms with Gasteiger partial charge in [0.1, 0.15) is 5.56 Å². The Morgan fingerprint density at radius 1 is 1.07 bits per heavy atom. The highest BCUT2D eigenvalue weighted by Crippen LogP contribution is 2.21. The molecule has 1 aromatic heterocycles. The van der Waals surface area contributed by atoms with E-state index < -0.39 is 17.1 Å². The van der Waals surface area contributed by atoms with Gasteiger partial charge in [0.25, 0.3) is 5.56 Å². The lowest BCUT2D eigenvalue weighted by molar-refractivity contribution is 0.430. The second-order valence-electron chi connectivity index (χ2n) is 6.62. The average molecular weight is 363 g/mol. The quantitative estimate of drug-likeness (QED) is 0.696. The summed E-state index contributed by atoms with van der Waals surface area (Å²) in [7, 11) is 0. The van der Waals surface area contributed by atoms with Crippen molar-refractivity contribution < 1.29 is 5.11 Å². The SMILES string of the molecule is Cc1ccccc1-n1c(O)c(C=Nc2ccc(C(C)C)cc2)c(=O)[nH]c1=O. The summed E-state index contributed by atoms with van der Waals surface area (Å²) in [5.74, 6) is -0.0341. The number of aryl methyl sites for hydroxylation is 1. The van der Waals surface area contributed by atoms with Gasteiger partial charge >= 0.3 is 5.69 Å². The first-order valence-corrected chi connectivity index (χ1v) is 8.67. The number of aromatic amines is 1. The Morgan fingerprint density at radius 2 is 1.74 bits per heavy atom. The van der Waals surface area contributed by atoms with Gasteiger partial charge in [-0.05, 0) is 42.2 Å². The molecule has 0 aliphatic rings. The molecular weight excluding hydrogens is 342 g/mol. The Labute approximate surface area is 156 Å². The topological polar surface area (TPSA) is 87.4 Å². The van der Waals surface area contributed by atoms with Crippen LogP contribution in [-0.4, -0.2) is 20.9 Å². The minimum Gasteiger partial charge on any atom is -0.493 e. The highest BCUT2D eigenvalue weighted by molar-refractivity contribution is 5.84. The number of aliphatic imine (C=N–C) groups is 1. The number of nitrogens with zero attached hydrogens (tertiary/aromatic N) is 2. The molecule has 0 radical (unpaired) electrons. The van der Waals surface area contributed by atoms with E-state index >= 15 is 0 Å². The third kappa shape index (κ3) is 3.74. The number of H-pyrrole nitrogens is 1. The molecule has 0 spiro atoms. The molecule has 0 atom stereocenters. The van der Waals surface area contributed by atoms with Crippen LogP contribution >= 0.6 is 0 Å². The predicted octanol–water partition coefficient (Wildman–Crippen LogP) is 3.41. The Bertz CT molecular complexity index is 1110. The third-order valence-electron chi connectivity index (χ3n) is 4.38. The van der Waals surface area contributed by atoms with Crippen LogP contribution in [0.4, 0.5) is 5.69 Å². The van der Waals surface area contributed by atoms with Crippen LogP contribution in [0.15, 0.2) is 63.1 Å². The van der Waals surface area contributed by atoms with Gasteiger partial charge in [-0.1, -0.05) is 44.2 Å². The molecule has 1 heterocycles. The number of para-hydroxylation sites is 1. The van der Waals surface area contributed by atoms with Crippen molar-refractivity contribution in [3.8, 4) is 11.6 Å². The highest BCUT2D eigenvalue weighted by atomic mass is 16.3. The maximum absolute atomic E-state index is 12.2. The molecule has 0 unspecified atom stereocenters. The van der Waals surface area contributed by atoms with E-state index in [0.717, 1.165) is 10.1 Å². The van der Waals surface area contributed by atoms with Crippen molar-refractivity contribution >= 4 is 11.9 Å². The van der Waals surface area contributed by atoms with Gasteiger partial charge in [-0.3, -0.25) is 14.8 Å². The fourth-order valence-corrected chi connectivity index (χ4v) is 2.78. The lowest BCUT2D eigenvalue weighted by atomic mass is 10.0. The molecule has 3 rings (SSSR count). The van der Waals surface area contributed by atoms with Crippen LogP contribution in [-0.2, 0) is 0 Å². The summed E-state index contributed by atoms with van der Waals surface area (Å²) in [5, 5.41) is 10.6. The second kappa shape index (κ2) is 7.45.